The molecular weight excluding hydrogens is 484 g/mol. The number of halogens is 1. The van der Waals surface area contributed by atoms with Gasteiger partial charge in [0.2, 0.25) is 5.75 Å². The number of piperazine rings is 1. The van der Waals surface area contributed by atoms with E-state index < -0.39 is 0 Å². The molecule has 1 saturated heterocycles. The fraction of sp³-hybridized carbons (Fsp3) is 0.444. The largest absolute Gasteiger partial charge is 0.493 e. The highest BCUT2D eigenvalue weighted by atomic mass is 35.5. The molecule has 2 aromatic rings. The van der Waals surface area contributed by atoms with E-state index in [9.17, 15) is 4.79 Å². The van der Waals surface area contributed by atoms with Crippen LogP contribution in [0.15, 0.2) is 30.3 Å². The van der Waals surface area contributed by atoms with E-state index >= 15 is 0 Å². The van der Waals surface area contributed by atoms with E-state index in [0.717, 1.165) is 60.5 Å². The minimum Gasteiger partial charge on any atom is -0.493 e. The Balaban J connectivity index is 0.00000361. The number of hydrogen-bond donors (Lipinski definition) is 0. The van der Waals surface area contributed by atoms with Gasteiger partial charge in [-0.15, -0.1) is 12.4 Å². The molecule has 0 saturated carbocycles. The van der Waals surface area contributed by atoms with Crippen molar-refractivity contribution in [2.45, 2.75) is 19.4 Å². The highest BCUT2D eigenvalue weighted by Gasteiger charge is 2.29. The van der Waals surface area contributed by atoms with Crippen molar-refractivity contribution < 1.29 is 28.5 Å². The van der Waals surface area contributed by atoms with Gasteiger partial charge in [0.1, 0.15) is 0 Å². The third-order valence-corrected chi connectivity index (χ3v) is 6.70. The zero-order valence-electron chi connectivity index (χ0n) is 21.6. The first kappa shape index (κ1) is 27.5. The second-order valence-corrected chi connectivity index (χ2v) is 8.59. The van der Waals surface area contributed by atoms with E-state index in [0.29, 0.717) is 36.1 Å². The molecule has 0 aromatic heterocycles. The van der Waals surface area contributed by atoms with Gasteiger partial charge in [-0.05, 0) is 48.2 Å². The Morgan fingerprint density at radius 3 is 1.97 bits per heavy atom. The molecule has 0 atom stereocenters. The number of hydrogen-bond acceptors (Lipinski definition) is 7. The number of carbonyl (C=O) groups is 1. The van der Waals surface area contributed by atoms with Crippen LogP contribution in [0.4, 0.5) is 0 Å². The minimum atomic E-state index is 0. The predicted molar refractivity (Wildman–Crippen MR) is 141 cm³/mol. The molecule has 8 nitrogen and oxygen atoms in total. The smallest absolute Gasteiger partial charge is 0.254 e. The van der Waals surface area contributed by atoms with Crippen molar-refractivity contribution in [2.75, 3.05) is 61.7 Å². The number of rotatable bonds is 8. The van der Waals surface area contributed by atoms with Gasteiger partial charge >= 0.3 is 0 Å². The van der Waals surface area contributed by atoms with E-state index in [1.165, 1.54) is 0 Å². The number of amides is 1. The monoisotopic (exact) mass is 518 g/mol. The molecule has 1 aliphatic heterocycles. The number of nitrogens with zero attached hydrogens (tertiary/aromatic N) is 2. The quantitative estimate of drug-likeness (QED) is 0.526. The normalized spacial score (nSPS) is 15.2. The fourth-order valence-electron chi connectivity index (χ4n) is 4.93. The van der Waals surface area contributed by atoms with Gasteiger partial charge in [-0.25, -0.2) is 0 Å². The van der Waals surface area contributed by atoms with Crippen LogP contribution in [-0.4, -0.2) is 77.4 Å². The Morgan fingerprint density at radius 1 is 0.806 bits per heavy atom. The van der Waals surface area contributed by atoms with Crippen LogP contribution in [0.3, 0.4) is 0 Å². The second kappa shape index (κ2) is 12.2. The Kier molecular flexibility index (Phi) is 9.34. The Hall–Kier alpha value is -3.10. The average molecular weight is 519 g/mol. The first-order chi connectivity index (χ1) is 17.0. The maximum atomic E-state index is 13.5. The van der Waals surface area contributed by atoms with Crippen LogP contribution >= 0.6 is 12.4 Å². The minimum absolute atomic E-state index is 0. The summed E-state index contributed by atoms with van der Waals surface area (Å²) in [5.41, 5.74) is 3.81. The molecule has 1 aliphatic carbocycles. The molecule has 2 aromatic carbocycles. The summed E-state index contributed by atoms with van der Waals surface area (Å²) < 4.78 is 27.5. The van der Waals surface area contributed by atoms with E-state index in [2.05, 4.69) is 11.0 Å². The molecule has 2 aliphatic rings. The van der Waals surface area contributed by atoms with Crippen LogP contribution in [0, 0.1) is 0 Å². The molecule has 0 radical (unpaired) electrons. The number of fused-ring (bicyclic) bond motifs is 1. The summed E-state index contributed by atoms with van der Waals surface area (Å²) in [5, 5.41) is 0. The molecule has 196 valence electrons. The molecule has 4 rings (SSSR count). The zero-order valence-corrected chi connectivity index (χ0v) is 22.4. The number of benzene rings is 2. The third kappa shape index (κ3) is 5.34. The number of methoxy groups -OCH3 is 5. The van der Waals surface area contributed by atoms with Gasteiger partial charge < -0.3 is 28.6 Å². The first-order valence-corrected chi connectivity index (χ1v) is 11.8. The van der Waals surface area contributed by atoms with Crippen LogP contribution in [0.25, 0.3) is 5.57 Å². The maximum Gasteiger partial charge on any atom is 0.254 e. The number of carbonyl (C=O) groups excluding carboxylic acids is 1. The SMILES string of the molecule is COc1cc(CN2CCN(C(=O)C3=CCCc4c3ccc(OC)c4OC)CC2)cc(OC)c1OC.Cl. The molecule has 9 heteroatoms. The van der Waals surface area contributed by atoms with Crippen molar-refractivity contribution in [3.8, 4) is 28.7 Å². The molecule has 36 heavy (non-hydrogen) atoms. The number of allylic oxidation sites excluding steroid dienone is 1. The van der Waals surface area contributed by atoms with Gasteiger partial charge in [0.05, 0.1) is 35.5 Å². The summed E-state index contributed by atoms with van der Waals surface area (Å²) in [6.45, 7) is 3.65. The third-order valence-electron chi connectivity index (χ3n) is 6.70. The van der Waals surface area contributed by atoms with Gasteiger partial charge in [-0.3, -0.25) is 9.69 Å². The van der Waals surface area contributed by atoms with Gasteiger partial charge in [0, 0.05) is 43.9 Å². The highest BCUT2D eigenvalue weighted by molar-refractivity contribution is 6.20. The zero-order chi connectivity index (χ0) is 24.9. The van der Waals surface area contributed by atoms with E-state index in [4.69, 9.17) is 23.7 Å². The molecule has 1 heterocycles. The molecule has 0 spiro atoms. The summed E-state index contributed by atoms with van der Waals surface area (Å²) in [6.07, 6.45) is 3.69. The Bertz CT molecular complexity index is 1090. The van der Waals surface area contributed by atoms with E-state index in [1.807, 2.05) is 29.2 Å². The van der Waals surface area contributed by atoms with Crippen LogP contribution in [0.5, 0.6) is 28.7 Å². The molecular formula is C27H35ClN2O6. The summed E-state index contributed by atoms with van der Waals surface area (Å²) >= 11 is 0. The van der Waals surface area contributed by atoms with Crippen LogP contribution in [-0.2, 0) is 17.8 Å². The summed E-state index contributed by atoms with van der Waals surface area (Å²) in [7, 11) is 8.12. The summed E-state index contributed by atoms with van der Waals surface area (Å²) in [6, 6.07) is 7.80. The Labute approximate surface area is 219 Å². The fourth-order valence-corrected chi connectivity index (χ4v) is 4.93. The van der Waals surface area contributed by atoms with Gasteiger partial charge in [-0.2, -0.15) is 0 Å². The van der Waals surface area contributed by atoms with Crippen LogP contribution in [0.1, 0.15) is 23.1 Å². The van der Waals surface area contributed by atoms with Gasteiger partial charge in [0.15, 0.2) is 23.0 Å². The molecule has 1 fully saturated rings. The standard InChI is InChI=1S/C27H34N2O6.ClH/c1-31-22-10-9-19-20(25(22)34-4)7-6-8-21(19)27(30)29-13-11-28(12-14-29)17-18-15-23(32-2)26(35-5)24(16-18)33-3;/h8-10,15-16H,6-7,11-14,17H2,1-5H3;1H. The van der Waals surface area contributed by atoms with Crippen molar-refractivity contribution >= 4 is 23.9 Å². The molecule has 0 N–H and O–H groups in total. The lowest BCUT2D eigenvalue weighted by Gasteiger charge is -2.36. The topological polar surface area (TPSA) is 69.7 Å². The van der Waals surface area contributed by atoms with E-state index in [1.54, 1.807) is 35.5 Å². The average Bonchev–Trinajstić information content (AvgIpc) is 2.91. The van der Waals surface area contributed by atoms with Gasteiger partial charge in [0.25, 0.3) is 5.91 Å². The van der Waals surface area contributed by atoms with Crippen molar-refractivity contribution in [1.29, 1.82) is 0 Å². The maximum absolute atomic E-state index is 13.5. The lowest BCUT2D eigenvalue weighted by atomic mass is 9.89. The van der Waals surface area contributed by atoms with Crippen molar-refractivity contribution in [1.82, 2.24) is 9.80 Å². The lowest BCUT2D eigenvalue weighted by Crippen LogP contribution is -2.48. The van der Waals surface area contributed by atoms with Crippen molar-refractivity contribution in [2.24, 2.45) is 0 Å². The lowest BCUT2D eigenvalue weighted by molar-refractivity contribution is -0.126. The summed E-state index contributed by atoms with van der Waals surface area (Å²) in [4.78, 5) is 17.8. The Morgan fingerprint density at radius 2 is 1.42 bits per heavy atom. The van der Waals surface area contributed by atoms with Crippen LogP contribution in [0.2, 0.25) is 0 Å². The molecule has 0 unspecified atom stereocenters. The highest BCUT2D eigenvalue weighted by Crippen LogP contribution is 2.40. The van der Waals surface area contributed by atoms with E-state index in [-0.39, 0.29) is 18.3 Å². The van der Waals surface area contributed by atoms with Gasteiger partial charge in [-0.1, -0.05) is 6.08 Å². The predicted octanol–water partition coefficient (Wildman–Crippen LogP) is 3.83. The molecule has 0 bridgehead atoms. The van der Waals surface area contributed by atoms with Crippen LogP contribution < -0.4 is 23.7 Å². The summed E-state index contributed by atoms with van der Waals surface area (Å²) in [5.74, 6) is 3.37. The molecule has 1 amide bonds. The first-order valence-electron chi connectivity index (χ1n) is 11.8. The second-order valence-electron chi connectivity index (χ2n) is 8.59. The van der Waals surface area contributed by atoms with Crippen molar-refractivity contribution in [3.05, 3.63) is 47.0 Å². The number of ether oxygens (including phenoxy) is 5. The van der Waals surface area contributed by atoms with Crippen molar-refractivity contribution in [3.63, 3.8) is 0 Å².